The fourth-order valence-corrected chi connectivity index (χ4v) is 2.25. The van der Waals surface area contributed by atoms with Crippen LogP contribution in [0.3, 0.4) is 0 Å². The number of methoxy groups -OCH3 is 1. The molecule has 1 saturated carbocycles. The van der Waals surface area contributed by atoms with Crippen molar-refractivity contribution < 1.29 is 19.3 Å². The number of aliphatic hydroxyl groups is 1. The number of ether oxygens (including phenoxy) is 3. The van der Waals surface area contributed by atoms with Crippen LogP contribution < -0.4 is 4.74 Å². The number of aliphatic hydroxyl groups excluding tert-OH is 1. The van der Waals surface area contributed by atoms with Crippen LogP contribution >= 0.6 is 0 Å². The quantitative estimate of drug-likeness (QED) is 0.798. The van der Waals surface area contributed by atoms with Gasteiger partial charge in [-0.1, -0.05) is 17.7 Å². The fourth-order valence-electron chi connectivity index (χ4n) is 2.25. The van der Waals surface area contributed by atoms with Crippen LogP contribution in [-0.4, -0.2) is 43.7 Å². The number of hydrogen-bond donors (Lipinski definition) is 1. The van der Waals surface area contributed by atoms with E-state index in [4.69, 9.17) is 14.2 Å². The van der Waals surface area contributed by atoms with Gasteiger partial charge in [-0.3, -0.25) is 0 Å². The maximum atomic E-state index is 9.72. The van der Waals surface area contributed by atoms with Crippen molar-refractivity contribution in [3.8, 4) is 5.75 Å². The lowest BCUT2D eigenvalue weighted by atomic mass is 9.88. The molecule has 1 aromatic rings. The summed E-state index contributed by atoms with van der Waals surface area (Å²) in [6.45, 7) is 5.09. The van der Waals surface area contributed by atoms with Gasteiger partial charge in [-0.2, -0.15) is 0 Å². The Balaban J connectivity index is 1.91. The molecule has 1 fully saturated rings. The van der Waals surface area contributed by atoms with Crippen LogP contribution in [-0.2, 0) is 9.47 Å². The van der Waals surface area contributed by atoms with Gasteiger partial charge in [-0.15, -0.1) is 0 Å². The molecule has 0 amide bonds. The molecule has 4 nitrogen and oxygen atoms in total. The monoisotopic (exact) mass is 266 g/mol. The zero-order chi connectivity index (χ0) is 13.8. The molecule has 0 aliphatic heterocycles. The summed E-state index contributed by atoms with van der Waals surface area (Å²) in [6.07, 6.45) is -0.151. The smallest absolute Gasteiger partial charge is 0.130 e. The lowest BCUT2D eigenvalue weighted by Gasteiger charge is -2.41. The highest BCUT2D eigenvalue weighted by atomic mass is 16.6. The fraction of sp³-hybridized carbons (Fsp3) is 0.600. The standard InChI is InChI=1S/C15H22O4/c1-10-4-5-13(11(2)8-10)19-14-9-12(16)15(14)18-7-6-17-3/h4-5,8,12,14-16H,6-7,9H2,1-3H3. The third-order valence-corrected chi connectivity index (χ3v) is 3.43. The zero-order valence-electron chi connectivity index (χ0n) is 11.8. The lowest BCUT2D eigenvalue weighted by Crippen LogP contribution is -2.55. The highest BCUT2D eigenvalue weighted by Crippen LogP contribution is 2.30. The molecule has 0 heterocycles. The Morgan fingerprint density at radius 2 is 2.05 bits per heavy atom. The first-order valence-corrected chi connectivity index (χ1v) is 6.64. The average Bonchev–Trinajstić information content (AvgIpc) is 2.37. The van der Waals surface area contributed by atoms with Gasteiger partial charge in [-0.25, -0.2) is 0 Å². The third kappa shape index (κ3) is 3.47. The van der Waals surface area contributed by atoms with Gasteiger partial charge in [0.05, 0.1) is 19.3 Å². The molecule has 3 unspecified atom stereocenters. The van der Waals surface area contributed by atoms with Crippen LogP contribution in [0.1, 0.15) is 17.5 Å². The molecule has 1 N–H and O–H groups in total. The van der Waals surface area contributed by atoms with E-state index in [1.165, 1.54) is 5.56 Å². The van der Waals surface area contributed by atoms with Crippen molar-refractivity contribution in [1.29, 1.82) is 0 Å². The summed E-state index contributed by atoms with van der Waals surface area (Å²) in [5.41, 5.74) is 2.32. The van der Waals surface area contributed by atoms with Crippen LogP contribution in [0.4, 0.5) is 0 Å². The summed E-state index contributed by atoms with van der Waals surface area (Å²) >= 11 is 0. The Labute approximate surface area is 114 Å². The average molecular weight is 266 g/mol. The van der Waals surface area contributed by atoms with Crippen molar-refractivity contribution in [1.82, 2.24) is 0 Å². The van der Waals surface area contributed by atoms with Gasteiger partial charge in [0.2, 0.25) is 0 Å². The molecular weight excluding hydrogens is 244 g/mol. The second-order valence-electron chi connectivity index (χ2n) is 5.06. The van der Waals surface area contributed by atoms with Gasteiger partial charge in [0, 0.05) is 13.5 Å². The third-order valence-electron chi connectivity index (χ3n) is 3.43. The summed E-state index contributed by atoms with van der Waals surface area (Å²) in [6, 6.07) is 6.09. The molecule has 1 aromatic carbocycles. The molecule has 106 valence electrons. The number of aryl methyl sites for hydroxylation is 2. The van der Waals surface area contributed by atoms with E-state index in [0.717, 1.165) is 11.3 Å². The molecule has 0 aromatic heterocycles. The van der Waals surface area contributed by atoms with Crippen LogP contribution in [0.25, 0.3) is 0 Å². The van der Waals surface area contributed by atoms with E-state index >= 15 is 0 Å². The molecule has 2 rings (SSSR count). The second kappa shape index (κ2) is 6.37. The molecular formula is C15H22O4. The van der Waals surface area contributed by atoms with E-state index in [1.54, 1.807) is 7.11 Å². The Morgan fingerprint density at radius 3 is 2.68 bits per heavy atom. The number of rotatable bonds is 6. The first-order valence-electron chi connectivity index (χ1n) is 6.64. The highest BCUT2D eigenvalue weighted by Gasteiger charge is 2.43. The van der Waals surface area contributed by atoms with E-state index in [0.29, 0.717) is 19.6 Å². The molecule has 0 radical (unpaired) electrons. The summed E-state index contributed by atoms with van der Waals surface area (Å²) in [7, 11) is 1.63. The van der Waals surface area contributed by atoms with Crippen molar-refractivity contribution in [2.24, 2.45) is 0 Å². The predicted molar refractivity (Wildman–Crippen MR) is 72.6 cm³/mol. The largest absolute Gasteiger partial charge is 0.487 e. The molecule has 1 aliphatic rings. The number of benzene rings is 1. The second-order valence-corrected chi connectivity index (χ2v) is 5.06. The SMILES string of the molecule is COCCOC1C(O)CC1Oc1ccc(C)cc1C. The van der Waals surface area contributed by atoms with E-state index in [1.807, 2.05) is 19.1 Å². The van der Waals surface area contributed by atoms with Gasteiger partial charge >= 0.3 is 0 Å². The van der Waals surface area contributed by atoms with E-state index in [2.05, 4.69) is 13.0 Å². The van der Waals surface area contributed by atoms with Gasteiger partial charge in [-0.05, 0) is 25.5 Å². The van der Waals surface area contributed by atoms with Crippen molar-refractivity contribution in [3.05, 3.63) is 29.3 Å². The van der Waals surface area contributed by atoms with Crippen LogP contribution in [0, 0.1) is 13.8 Å². The van der Waals surface area contributed by atoms with Gasteiger partial charge in [0.1, 0.15) is 18.0 Å². The summed E-state index contributed by atoms with van der Waals surface area (Å²) in [5, 5.41) is 9.72. The molecule has 0 bridgehead atoms. The lowest BCUT2D eigenvalue weighted by molar-refractivity contribution is -0.167. The van der Waals surface area contributed by atoms with E-state index in [-0.39, 0.29) is 12.2 Å². The van der Waals surface area contributed by atoms with Crippen molar-refractivity contribution in [2.45, 2.75) is 38.6 Å². The van der Waals surface area contributed by atoms with Crippen LogP contribution in [0.5, 0.6) is 5.75 Å². The van der Waals surface area contributed by atoms with Crippen molar-refractivity contribution >= 4 is 0 Å². The first-order chi connectivity index (χ1) is 9.11. The summed E-state index contributed by atoms with van der Waals surface area (Å²) in [4.78, 5) is 0. The minimum Gasteiger partial charge on any atom is -0.487 e. The predicted octanol–water partition coefficient (Wildman–Crippen LogP) is 1.85. The summed E-state index contributed by atoms with van der Waals surface area (Å²) in [5.74, 6) is 0.864. The minimum atomic E-state index is -0.437. The zero-order valence-corrected chi connectivity index (χ0v) is 11.8. The van der Waals surface area contributed by atoms with Gasteiger partial charge < -0.3 is 19.3 Å². The van der Waals surface area contributed by atoms with Crippen LogP contribution in [0.2, 0.25) is 0 Å². The Bertz CT molecular complexity index is 419. The molecule has 0 saturated heterocycles. The molecule has 3 atom stereocenters. The maximum absolute atomic E-state index is 9.72. The normalized spacial score (nSPS) is 26.0. The molecule has 1 aliphatic carbocycles. The molecule has 4 heteroatoms. The van der Waals surface area contributed by atoms with Crippen molar-refractivity contribution in [2.75, 3.05) is 20.3 Å². The van der Waals surface area contributed by atoms with Gasteiger partial charge in [0.25, 0.3) is 0 Å². The molecule has 19 heavy (non-hydrogen) atoms. The highest BCUT2D eigenvalue weighted by molar-refractivity contribution is 5.36. The molecule has 0 spiro atoms. The first kappa shape index (κ1) is 14.3. The minimum absolute atomic E-state index is 0.0757. The topological polar surface area (TPSA) is 47.9 Å². The number of hydrogen-bond acceptors (Lipinski definition) is 4. The Kier molecular flexibility index (Phi) is 4.80. The maximum Gasteiger partial charge on any atom is 0.130 e. The van der Waals surface area contributed by atoms with Gasteiger partial charge in [0.15, 0.2) is 0 Å². The Morgan fingerprint density at radius 1 is 1.26 bits per heavy atom. The van der Waals surface area contributed by atoms with E-state index in [9.17, 15) is 5.11 Å². The van der Waals surface area contributed by atoms with Crippen molar-refractivity contribution in [3.63, 3.8) is 0 Å². The summed E-state index contributed by atoms with van der Waals surface area (Å²) < 4.78 is 16.4. The Hall–Kier alpha value is -1.10. The van der Waals surface area contributed by atoms with Crippen LogP contribution in [0.15, 0.2) is 18.2 Å². The van der Waals surface area contributed by atoms with E-state index < -0.39 is 6.10 Å².